The van der Waals surface area contributed by atoms with E-state index in [1.54, 1.807) is 24.3 Å². The number of halogens is 1. The Labute approximate surface area is 163 Å². The maximum atomic E-state index is 13.1. The Hall–Kier alpha value is -3.00. The van der Waals surface area contributed by atoms with Gasteiger partial charge in [0.05, 0.1) is 23.0 Å². The Morgan fingerprint density at radius 2 is 1.86 bits per heavy atom. The number of H-pyrrole nitrogens is 1. The average molecular weight is 400 g/mol. The SMILES string of the molecule is CCC(C)c1ccc(S(=O)(=O)NN=Cc2cn[nH]c2-c2ccc(F)cc2)cc1. The minimum absolute atomic E-state index is 0.141. The van der Waals surface area contributed by atoms with E-state index in [4.69, 9.17) is 0 Å². The highest BCUT2D eigenvalue weighted by Crippen LogP contribution is 2.21. The first-order valence-electron chi connectivity index (χ1n) is 8.85. The van der Waals surface area contributed by atoms with Crippen molar-refractivity contribution in [1.82, 2.24) is 15.0 Å². The van der Waals surface area contributed by atoms with Crippen molar-refractivity contribution < 1.29 is 12.8 Å². The van der Waals surface area contributed by atoms with Crippen LogP contribution in [0.3, 0.4) is 0 Å². The predicted octanol–water partition coefficient (Wildman–Crippen LogP) is 4.04. The van der Waals surface area contributed by atoms with Crippen molar-refractivity contribution >= 4 is 16.2 Å². The van der Waals surface area contributed by atoms with Crippen LogP contribution in [0.2, 0.25) is 0 Å². The molecular formula is C20H21FN4O2S. The molecule has 6 nitrogen and oxygen atoms in total. The highest BCUT2D eigenvalue weighted by molar-refractivity contribution is 7.89. The van der Waals surface area contributed by atoms with Crippen molar-refractivity contribution in [3.8, 4) is 11.3 Å². The summed E-state index contributed by atoms with van der Waals surface area (Å²) in [4.78, 5) is 2.35. The third kappa shape index (κ3) is 4.45. The van der Waals surface area contributed by atoms with Gasteiger partial charge in [-0.1, -0.05) is 26.0 Å². The van der Waals surface area contributed by atoms with Crippen molar-refractivity contribution in [2.75, 3.05) is 0 Å². The summed E-state index contributed by atoms with van der Waals surface area (Å²) < 4.78 is 37.9. The molecule has 0 radical (unpaired) electrons. The monoisotopic (exact) mass is 400 g/mol. The van der Waals surface area contributed by atoms with Crippen LogP contribution in [-0.4, -0.2) is 24.8 Å². The van der Waals surface area contributed by atoms with Gasteiger partial charge in [0, 0.05) is 11.1 Å². The molecule has 0 fully saturated rings. The second kappa shape index (κ2) is 8.35. The van der Waals surface area contributed by atoms with Crippen molar-refractivity contribution in [2.24, 2.45) is 5.10 Å². The molecule has 0 aliphatic rings. The number of aromatic amines is 1. The lowest BCUT2D eigenvalue weighted by Crippen LogP contribution is -2.18. The quantitative estimate of drug-likeness (QED) is 0.463. The molecule has 0 spiro atoms. The van der Waals surface area contributed by atoms with Gasteiger partial charge in [-0.05, 0) is 54.3 Å². The summed E-state index contributed by atoms with van der Waals surface area (Å²) in [6.07, 6.45) is 3.85. The van der Waals surface area contributed by atoms with Gasteiger partial charge in [0.2, 0.25) is 0 Å². The Bertz CT molecular complexity index is 1060. The molecule has 2 aromatic carbocycles. The molecular weight excluding hydrogens is 379 g/mol. The van der Waals surface area contributed by atoms with Gasteiger partial charge >= 0.3 is 0 Å². The van der Waals surface area contributed by atoms with Gasteiger partial charge in [0.25, 0.3) is 10.0 Å². The molecule has 0 amide bonds. The number of hydrogen-bond donors (Lipinski definition) is 2. The van der Waals surface area contributed by atoms with E-state index in [0.29, 0.717) is 22.7 Å². The standard InChI is InChI=1S/C20H21FN4O2S/c1-3-14(2)15-6-10-19(11-7-15)28(26,27)25-23-13-17-12-22-24-20(17)16-4-8-18(21)9-5-16/h4-14,25H,3H2,1-2H3,(H,22,24). The summed E-state index contributed by atoms with van der Waals surface area (Å²) in [5.74, 6) is 0.0271. The molecule has 1 unspecified atom stereocenters. The third-order valence-electron chi connectivity index (χ3n) is 4.55. The molecule has 0 saturated heterocycles. The number of hydrazone groups is 1. The molecule has 0 bridgehead atoms. The zero-order valence-electron chi connectivity index (χ0n) is 15.6. The molecule has 0 aliphatic heterocycles. The number of hydrogen-bond acceptors (Lipinski definition) is 4. The molecule has 3 rings (SSSR count). The lowest BCUT2D eigenvalue weighted by molar-refractivity contribution is 0.584. The largest absolute Gasteiger partial charge is 0.277 e. The first kappa shape index (κ1) is 19.8. The van der Waals surface area contributed by atoms with E-state index in [9.17, 15) is 12.8 Å². The lowest BCUT2D eigenvalue weighted by atomic mass is 9.99. The zero-order valence-corrected chi connectivity index (χ0v) is 16.4. The molecule has 1 aromatic heterocycles. The van der Waals surface area contributed by atoms with E-state index in [-0.39, 0.29) is 10.7 Å². The van der Waals surface area contributed by atoms with Gasteiger partial charge in [-0.2, -0.15) is 18.6 Å². The van der Waals surface area contributed by atoms with E-state index >= 15 is 0 Å². The van der Waals surface area contributed by atoms with E-state index in [2.05, 4.69) is 34.0 Å². The van der Waals surface area contributed by atoms with Gasteiger partial charge in [-0.15, -0.1) is 0 Å². The topological polar surface area (TPSA) is 87.2 Å². The van der Waals surface area contributed by atoms with Crippen LogP contribution in [0.25, 0.3) is 11.3 Å². The van der Waals surface area contributed by atoms with Crippen LogP contribution in [0.15, 0.2) is 64.7 Å². The van der Waals surface area contributed by atoms with Crippen LogP contribution in [0.5, 0.6) is 0 Å². The van der Waals surface area contributed by atoms with Crippen LogP contribution in [0.1, 0.15) is 37.3 Å². The average Bonchev–Trinajstić information content (AvgIpc) is 3.16. The minimum atomic E-state index is -3.77. The Morgan fingerprint density at radius 1 is 1.18 bits per heavy atom. The molecule has 3 aromatic rings. The molecule has 0 saturated carbocycles. The number of nitrogens with zero attached hydrogens (tertiary/aromatic N) is 2. The molecule has 1 atom stereocenters. The second-order valence-electron chi connectivity index (χ2n) is 6.44. The van der Waals surface area contributed by atoms with Crippen LogP contribution in [-0.2, 0) is 10.0 Å². The first-order valence-corrected chi connectivity index (χ1v) is 10.3. The fourth-order valence-electron chi connectivity index (χ4n) is 2.67. The molecule has 0 aliphatic carbocycles. The summed E-state index contributed by atoms with van der Waals surface area (Å²) in [6, 6.07) is 12.6. The Kier molecular flexibility index (Phi) is 5.89. The van der Waals surface area contributed by atoms with Gasteiger partial charge in [0.1, 0.15) is 5.82 Å². The molecule has 28 heavy (non-hydrogen) atoms. The van der Waals surface area contributed by atoms with Crippen molar-refractivity contribution in [3.63, 3.8) is 0 Å². The number of nitrogens with one attached hydrogen (secondary N) is 2. The number of rotatable bonds is 7. The number of aromatic nitrogens is 2. The molecule has 1 heterocycles. The predicted molar refractivity (Wildman–Crippen MR) is 107 cm³/mol. The van der Waals surface area contributed by atoms with Crippen LogP contribution in [0, 0.1) is 5.82 Å². The highest BCUT2D eigenvalue weighted by atomic mass is 32.2. The van der Waals surface area contributed by atoms with Crippen LogP contribution >= 0.6 is 0 Å². The Morgan fingerprint density at radius 3 is 2.50 bits per heavy atom. The van der Waals surface area contributed by atoms with Gasteiger partial charge < -0.3 is 0 Å². The highest BCUT2D eigenvalue weighted by Gasteiger charge is 2.14. The summed E-state index contributed by atoms with van der Waals surface area (Å²) in [5.41, 5.74) is 2.98. The minimum Gasteiger partial charge on any atom is -0.277 e. The zero-order chi connectivity index (χ0) is 20.1. The number of benzene rings is 2. The third-order valence-corrected chi connectivity index (χ3v) is 5.79. The summed E-state index contributed by atoms with van der Waals surface area (Å²) in [7, 11) is -3.77. The fraction of sp³-hybridized carbons (Fsp3) is 0.200. The Balaban J connectivity index is 1.74. The second-order valence-corrected chi connectivity index (χ2v) is 8.10. The maximum Gasteiger partial charge on any atom is 0.276 e. The first-order chi connectivity index (χ1) is 13.4. The summed E-state index contributed by atoms with van der Waals surface area (Å²) in [6.45, 7) is 4.18. The lowest BCUT2D eigenvalue weighted by Gasteiger charge is -2.09. The van der Waals surface area contributed by atoms with E-state index in [0.717, 1.165) is 12.0 Å². The van der Waals surface area contributed by atoms with E-state index in [1.165, 1.54) is 24.5 Å². The summed E-state index contributed by atoms with van der Waals surface area (Å²) >= 11 is 0. The molecule has 146 valence electrons. The van der Waals surface area contributed by atoms with Crippen molar-refractivity contribution in [1.29, 1.82) is 0 Å². The molecule has 2 N–H and O–H groups in total. The van der Waals surface area contributed by atoms with Gasteiger partial charge in [0.15, 0.2) is 0 Å². The van der Waals surface area contributed by atoms with E-state index in [1.807, 2.05) is 12.1 Å². The van der Waals surface area contributed by atoms with E-state index < -0.39 is 10.0 Å². The molecule has 8 heteroatoms. The summed E-state index contributed by atoms with van der Waals surface area (Å²) in [5, 5.41) is 10.6. The van der Waals surface area contributed by atoms with Crippen molar-refractivity contribution in [2.45, 2.75) is 31.1 Å². The van der Waals surface area contributed by atoms with Crippen LogP contribution in [0.4, 0.5) is 4.39 Å². The number of sulfonamides is 1. The smallest absolute Gasteiger partial charge is 0.276 e. The maximum absolute atomic E-state index is 13.1. The van der Waals surface area contributed by atoms with Crippen molar-refractivity contribution in [3.05, 3.63) is 71.7 Å². The fourth-order valence-corrected chi connectivity index (χ4v) is 3.46. The van der Waals surface area contributed by atoms with Gasteiger partial charge in [-0.3, -0.25) is 5.10 Å². The normalized spacial score (nSPS) is 13.0. The van der Waals surface area contributed by atoms with Gasteiger partial charge in [-0.25, -0.2) is 9.22 Å². The van der Waals surface area contributed by atoms with Crippen LogP contribution < -0.4 is 4.83 Å².